The molecule has 6 nitrogen and oxygen atoms in total. The van der Waals surface area contributed by atoms with Gasteiger partial charge in [0.05, 0.1) is 5.92 Å². The highest BCUT2D eigenvalue weighted by Crippen LogP contribution is 2.55. The molecule has 0 aromatic heterocycles. The molecule has 1 atom stereocenters. The van der Waals surface area contributed by atoms with Crippen LogP contribution >= 0.6 is 0 Å². The predicted octanol–water partition coefficient (Wildman–Crippen LogP) is 4.52. The molecule has 35 heavy (non-hydrogen) atoms. The van der Waals surface area contributed by atoms with Gasteiger partial charge in [0.2, 0.25) is 11.8 Å². The number of hydrogen-bond acceptors (Lipinski definition) is 4. The summed E-state index contributed by atoms with van der Waals surface area (Å²) in [5, 5.41) is 9.27. The Morgan fingerprint density at radius 3 is 2.29 bits per heavy atom. The molecule has 1 heterocycles. The van der Waals surface area contributed by atoms with E-state index in [0.717, 1.165) is 29.9 Å². The van der Waals surface area contributed by atoms with E-state index in [4.69, 9.17) is 0 Å². The maximum atomic E-state index is 12.9. The Bertz CT molecular complexity index is 1120. The van der Waals surface area contributed by atoms with Gasteiger partial charge in [0.15, 0.2) is 0 Å². The number of carbonyl (C=O) groups excluding carboxylic acids is 3. The third kappa shape index (κ3) is 4.64. The summed E-state index contributed by atoms with van der Waals surface area (Å²) < 4.78 is 0. The first-order chi connectivity index (χ1) is 16.9. The van der Waals surface area contributed by atoms with Crippen LogP contribution in [0.25, 0.3) is 0 Å². The fourth-order valence-electron chi connectivity index (χ4n) is 7.44. The zero-order chi connectivity index (χ0) is 24.0. The highest BCUT2D eigenvalue weighted by molar-refractivity contribution is 6.04. The lowest BCUT2D eigenvalue weighted by Crippen LogP contribution is -2.58. The molecule has 2 aromatic rings. The highest BCUT2D eigenvalue weighted by Gasteiger charge is 2.50. The molecule has 4 bridgehead atoms. The molecule has 4 aliphatic carbocycles. The molecule has 6 heteroatoms. The molecule has 2 aromatic carbocycles. The van der Waals surface area contributed by atoms with Crippen molar-refractivity contribution in [3.8, 4) is 0 Å². The summed E-state index contributed by atoms with van der Waals surface area (Å²) in [7, 11) is 0. The predicted molar refractivity (Wildman–Crippen MR) is 134 cm³/mol. The summed E-state index contributed by atoms with van der Waals surface area (Å²) in [6, 6.07) is 15.2. The van der Waals surface area contributed by atoms with Crippen LogP contribution in [0.3, 0.4) is 0 Å². The van der Waals surface area contributed by atoms with Crippen LogP contribution < -0.4 is 16.0 Å². The van der Waals surface area contributed by atoms with Gasteiger partial charge in [-0.15, -0.1) is 0 Å². The summed E-state index contributed by atoms with van der Waals surface area (Å²) in [6.07, 6.45) is 9.15. The molecule has 4 saturated carbocycles. The van der Waals surface area contributed by atoms with Gasteiger partial charge in [-0.3, -0.25) is 19.7 Å². The molecule has 182 valence electrons. The third-order valence-electron chi connectivity index (χ3n) is 8.71. The standard InChI is InChI=1S/C29H33N3O3/c33-26-9-8-25(28(35)32-26)23-2-1-3-24(13-23)31-27(34)22-6-4-18(5-7-22)17-30-29-14-19-10-20(15-29)12-21(11-19)16-29/h1-7,13,19-21,25,30H,8-12,14-17H2,(H,31,34)(H,32,33,35). The third-order valence-corrected chi connectivity index (χ3v) is 8.71. The van der Waals surface area contributed by atoms with E-state index in [2.05, 4.69) is 16.0 Å². The van der Waals surface area contributed by atoms with Crippen LogP contribution in [-0.2, 0) is 16.1 Å². The van der Waals surface area contributed by atoms with E-state index < -0.39 is 0 Å². The second-order valence-corrected chi connectivity index (χ2v) is 11.3. The van der Waals surface area contributed by atoms with Crippen LogP contribution in [-0.4, -0.2) is 23.3 Å². The van der Waals surface area contributed by atoms with Gasteiger partial charge in [0.1, 0.15) is 0 Å². The molecule has 5 fully saturated rings. The average molecular weight is 472 g/mol. The highest BCUT2D eigenvalue weighted by atomic mass is 16.2. The first-order valence-electron chi connectivity index (χ1n) is 13.0. The van der Waals surface area contributed by atoms with Crippen LogP contribution in [0, 0.1) is 17.8 Å². The van der Waals surface area contributed by atoms with Crippen molar-refractivity contribution in [1.29, 1.82) is 0 Å². The number of carbonyl (C=O) groups is 3. The molecule has 1 unspecified atom stereocenters. The van der Waals surface area contributed by atoms with E-state index in [-0.39, 0.29) is 23.6 Å². The van der Waals surface area contributed by atoms with E-state index in [1.165, 1.54) is 44.1 Å². The van der Waals surface area contributed by atoms with Gasteiger partial charge in [-0.1, -0.05) is 24.3 Å². The minimum absolute atomic E-state index is 0.175. The monoisotopic (exact) mass is 471 g/mol. The average Bonchev–Trinajstić information content (AvgIpc) is 2.82. The molecular formula is C29H33N3O3. The second-order valence-electron chi connectivity index (χ2n) is 11.3. The van der Waals surface area contributed by atoms with E-state index >= 15 is 0 Å². The van der Waals surface area contributed by atoms with Gasteiger partial charge >= 0.3 is 0 Å². The molecule has 0 radical (unpaired) electrons. The molecule has 0 spiro atoms. The summed E-state index contributed by atoms with van der Waals surface area (Å²) in [5.74, 6) is 1.72. The van der Waals surface area contributed by atoms with E-state index in [1.807, 2.05) is 48.5 Å². The largest absolute Gasteiger partial charge is 0.322 e. The number of imide groups is 1. The van der Waals surface area contributed by atoms with Gasteiger partial charge in [0, 0.05) is 29.8 Å². The van der Waals surface area contributed by atoms with Gasteiger partial charge in [-0.2, -0.15) is 0 Å². The maximum absolute atomic E-state index is 12.9. The van der Waals surface area contributed by atoms with Crippen LogP contribution in [0.5, 0.6) is 0 Å². The van der Waals surface area contributed by atoms with Crippen molar-refractivity contribution in [3.63, 3.8) is 0 Å². The van der Waals surface area contributed by atoms with Gasteiger partial charge in [0.25, 0.3) is 5.91 Å². The van der Waals surface area contributed by atoms with Crippen LogP contribution in [0.2, 0.25) is 0 Å². The topological polar surface area (TPSA) is 87.3 Å². The minimum atomic E-state index is -0.370. The summed E-state index contributed by atoms with van der Waals surface area (Å²) >= 11 is 0. The van der Waals surface area contributed by atoms with E-state index in [1.54, 1.807) is 0 Å². The maximum Gasteiger partial charge on any atom is 0.255 e. The zero-order valence-electron chi connectivity index (χ0n) is 20.0. The summed E-state index contributed by atoms with van der Waals surface area (Å²) in [5.41, 5.74) is 3.59. The fraction of sp³-hybridized carbons (Fsp3) is 0.483. The number of amides is 3. The summed E-state index contributed by atoms with van der Waals surface area (Å²) in [6.45, 7) is 0.849. The Labute approximate surface area is 206 Å². The van der Waals surface area contributed by atoms with Crippen molar-refractivity contribution in [3.05, 3.63) is 65.2 Å². The second kappa shape index (κ2) is 8.90. The van der Waals surface area contributed by atoms with Crippen molar-refractivity contribution in [2.45, 2.75) is 69.4 Å². The number of nitrogens with one attached hydrogen (secondary N) is 3. The van der Waals surface area contributed by atoms with Crippen molar-refractivity contribution >= 4 is 23.4 Å². The number of rotatable bonds is 6. The van der Waals surface area contributed by atoms with Crippen LogP contribution in [0.1, 0.15) is 78.8 Å². The van der Waals surface area contributed by atoms with E-state index in [0.29, 0.717) is 29.6 Å². The Balaban J connectivity index is 1.07. The zero-order valence-corrected chi connectivity index (χ0v) is 20.0. The van der Waals surface area contributed by atoms with Crippen molar-refractivity contribution in [2.24, 2.45) is 17.8 Å². The van der Waals surface area contributed by atoms with Crippen molar-refractivity contribution in [2.75, 3.05) is 5.32 Å². The molecule has 1 saturated heterocycles. The van der Waals surface area contributed by atoms with Crippen molar-refractivity contribution < 1.29 is 14.4 Å². The van der Waals surface area contributed by atoms with Crippen LogP contribution in [0.4, 0.5) is 5.69 Å². The number of hydrogen-bond donors (Lipinski definition) is 3. The fourth-order valence-corrected chi connectivity index (χ4v) is 7.44. The lowest BCUT2D eigenvalue weighted by molar-refractivity contribution is -0.134. The normalized spacial score (nSPS) is 31.3. The number of piperidine rings is 1. The van der Waals surface area contributed by atoms with Crippen LogP contribution in [0.15, 0.2) is 48.5 Å². The Kier molecular flexibility index (Phi) is 5.72. The molecule has 5 aliphatic rings. The Morgan fingerprint density at radius 2 is 1.63 bits per heavy atom. The van der Waals surface area contributed by atoms with Gasteiger partial charge in [-0.05, 0) is 98.1 Å². The molecule has 7 rings (SSSR count). The lowest BCUT2D eigenvalue weighted by Gasteiger charge is -2.57. The number of anilines is 1. The van der Waals surface area contributed by atoms with E-state index in [9.17, 15) is 14.4 Å². The van der Waals surface area contributed by atoms with Gasteiger partial charge in [-0.25, -0.2) is 0 Å². The minimum Gasteiger partial charge on any atom is -0.322 e. The summed E-state index contributed by atoms with van der Waals surface area (Å²) in [4.78, 5) is 36.5. The number of benzene rings is 2. The molecule has 3 amide bonds. The quantitative estimate of drug-likeness (QED) is 0.541. The van der Waals surface area contributed by atoms with Crippen molar-refractivity contribution in [1.82, 2.24) is 10.6 Å². The molecule has 3 N–H and O–H groups in total. The first kappa shape index (κ1) is 22.5. The lowest BCUT2D eigenvalue weighted by atomic mass is 9.53. The SMILES string of the molecule is O=C1CCC(c2cccc(NC(=O)c3ccc(CNC45CC6CC(CC(C6)C4)C5)cc3)c2)C(=O)N1. The Hall–Kier alpha value is -2.99. The molecular weight excluding hydrogens is 438 g/mol. The Morgan fingerprint density at radius 1 is 0.943 bits per heavy atom. The molecule has 1 aliphatic heterocycles. The van der Waals surface area contributed by atoms with Gasteiger partial charge < -0.3 is 10.6 Å². The first-order valence-corrected chi connectivity index (χ1v) is 13.0. The smallest absolute Gasteiger partial charge is 0.255 e.